The number of aromatic nitrogens is 2. The van der Waals surface area contributed by atoms with E-state index in [-0.39, 0.29) is 0 Å². The van der Waals surface area contributed by atoms with E-state index in [0.29, 0.717) is 13.2 Å². The fourth-order valence-corrected chi connectivity index (χ4v) is 2.73. The molecule has 0 amide bonds. The Bertz CT molecular complexity index is 784. The van der Waals surface area contributed by atoms with Gasteiger partial charge in [-0.3, -0.25) is 4.68 Å². The first kappa shape index (κ1) is 19.6. The second-order valence-corrected chi connectivity index (χ2v) is 6.08. The molecule has 0 unspecified atom stereocenters. The number of nitrogens with zero attached hydrogens (tertiary/aromatic N) is 3. The molecule has 0 saturated carbocycles. The van der Waals surface area contributed by atoms with Crippen molar-refractivity contribution in [2.45, 2.75) is 34.3 Å². The minimum atomic E-state index is 0.354. The van der Waals surface area contributed by atoms with Crippen LogP contribution in [0.4, 0.5) is 0 Å². The van der Waals surface area contributed by atoms with E-state index in [9.17, 15) is 0 Å². The number of hydrogen-bond acceptors (Lipinski definition) is 5. The smallest absolute Gasteiger partial charge is 0.133 e. The highest BCUT2D eigenvalue weighted by Crippen LogP contribution is 2.29. The zero-order valence-electron chi connectivity index (χ0n) is 16.4. The zero-order valence-corrected chi connectivity index (χ0v) is 16.4. The summed E-state index contributed by atoms with van der Waals surface area (Å²) in [7, 11) is 3.41. The molecule has 0 aliphatic carbocycles. The maximum atomic E-state index is 6.08. The third-order valence-corrected chi connectivity index (χ3v) is 3.89. The molecule has 0 N–H and O–H groups in total. The van der Waals surface area contributed by atoms with Gasteiger partial charge in [0.1, 0.15) is 37.5 Å². The first-order valence-corrected chi connectivity index (χ1v) is 8.54. The van der Waals surface area contributed by atoms with Gasteiger partial charge in [0.2, 0.25) is 0 Å². The first-order chi connectivity index (χ1) is 12.5. The number of hydrogen-bond donors (Lipinski definition) is 0. The Labute approximate surface area is 155 Å². The van der Waals surface area contributed by atoms with Gasteiger partial charge in [-0.2, -0.15) is 5.10 Å². The summed E-state index contributed by atoms with van der Waals surface area (Å²) >= 11 is 0. The molecule has 6 nitrogen and oxygen atoms in total. The van der Waals surface area contributed by atoms with E-state index in [2.05, 4.69) is 10.3 Å². The standard InChI is InChI=1S/C20H27N3O3/c1-7-8-9-25-17-10-14(2)20(15(3)11-17)26-13-19-18(12-23(5)21-19)16(4)22-24-6/h7-8,10-12H,9,13H2,1-6H3/b8-7+,22-16?. The van der Waals surface area contributed by atoms with Gasteiger partial charge in [-0.25, -0.2) is 0 Å². The lowest BCUT2D eigenvalue weighted by atomic mass is 10.1. The summed E-state index contributed by atoms with van der Waals surface area (Å²) in [5.74, 6) is 1.69. The summed E-state index contributed by atoms with van der Waals surface area (Å²) in [6, 6.07) is 3.98. The van der Waals surface area contributed by atoms with Crippen LogP contribution >= 0.6 is 0 Å². The number of rotatable bonds is 8. The van der Waals surface area contributed by atoms with Gasteiger partial charge in [0.05, 0.1) is 5.71 Å². The molecule has 0 atom stereocenters. The Morgan fingerprint density at radius 2 is 1.92 bits per heavy atom. The third kappa shape index (κ3) is 4.88. The minimum Gasteiger partial charge on any atom is -0.490 e. The summed E-state index contributed by atoms with van der Waals surface area (Å²) in [4.78, 5) is 4.87. The van der Waals surface area contributed by atoms with Crippen molar-refractivity contribution in [2.24, 2.45) is 12.2 Å². The topological polar surface area (TPSA) is 57.9 Å². The Kier molecular flexibility index (Phi) is 6.83. The zero-order chi connectivity index (χ0) is 19.1. The molecule has 0 spiro atoms. The van der Waals surface area contributed by atoms with Gasteiger partial charge in [0.25, 0.3) is 0 Å². The Hall–Kier alpha value is -2.76. The molecule has 26 heavy (non-hydrogen) atoms. The number of aryl methyl sites for hydroxylation is 3. The van der Waals surface area contributed by atoms with Crippen LogP contribution in [0, 0.1) is 13.8 Å². The lowest BCUT2D eigenvalue weighted by Crippen LogP contribution is -2.05. The highest BCUT2D eigenvalue weighted by Gasteiger charge is 2.14. The van der Waals surface area contributed by atoms with Gasteiger partial charge in [-0.15, -0.1) is 0 Å². The lowest BCUT2D eigenvalue weighted by Gasteiger charge is -2.14. The van der Waals surface area contributed by atoms with Crippen molar-refractivity contribution >= 4 is 5.71 Å². The SMILES string of the molecule is C/C=C/COc1cc(C)c(OCc2nn(C)cc2C(C)=NOC)c(C)c1. The van der Waals surface area contributed by atoms with Crippen LogP contribution in [0.15, 0.2) is 35.6 Å². The molecule has 2 rings (SSSR count). The molecular formula is C20H27N3O3. The molecule has 1 aromatic heterocycles. The molecule has 1 heterocycles. The highest BCUT2D eigenvalue weighted by atomic mass is 16.6. The van der Waals surface area contributed by atoms with Gasteiger partial charge < -0.3 is 14.3 Å². The predicted octanol–water partition coefficient (Wildman–Crippen LogP) is 3.94. The van der Waals surface area contributed by atoms with Gasteiger partial charge in [0.15, 0.2) is 0 Å². The monoisotopic (exact) mass is 357 g/mol. The van der Waals surface area contributed by atoms with Crippen molar-refractivity contribution in [2.75, 3.05) is 13.7 Å². The molecule has 1 aromatic carbocycles. The largest absolute Gasteiger partial charge is 0.490 e. The van der Waals surface area contributed by atoms with Crippen molar-refractivity contribution in [3.05, 3.63) is 52.9 Å². The van der Waals surface area contributed by atoms with Crippen molar-refractivity contribution in [1.82, 2.24) is 9.78 Å². The highest BCUT2D eigenvalue weighted by molar-refractivity contribution is 5.99. The molecule has 0 aliphatic rings. The molecule has 0 saturated heterocycles. The van der Waals surface area contributed by atoms with Crippen molar-refractivity contribution in [1.29, 1.82) is 0 Å². The van der Waals surface area contributed by atoms with Gasteiger partial charge in [-0.05, 0) is 51.0 Å². The fourth-order valence-electron chi connectivity index (χ4n) is 2.73. The quantitative estimate of drug-likeness (QED) is 0.408. The average molecular weight is 357 g/mol. The van der Waals surface area contributed by atoms with E-state index in [0.717, 1.165) is 39.6 Å². The maximum absolute atomic E-state index is 6.08. The molecule has 0 aliphatic heterocycles. The molecular weight excluding hydrogens is 330 g/mol. The number of allylic oxidation sites excluding steroid dienone is 1. The van der Waals surface area contributed by atoms with Gasteiger partial charge >= 0.3 is 0 Å². The van der Waals surface area contributed by atoms with Crippen LogP contribution < -0.4 is 9.47 Å². The van der Waals surface area contributed by atoms with E-state index in [4.69, 9.17) is 14.3 Å². The summed E-state index contributed by atoms with van der Waals surface area (Å²) in [6.45, 7) is 8.81. The maximum Gasteiger partial charge on any atom is 0.133 e. The van der Waals surface area contributed by atoms with E-state index in [1.54, 1.807) is 4.68 Å². The molecule has 0 radical (unpaired) electrons. The number of oxime groups is 1. The second-order valence-electron chi connectivity index (χ2n) is 6.08. The van der Waals surface area contributed by atoms with Crippen LogP contribution in [0.3, 0.4) is 0 Å². The number of benzene rings is 1. The van der Waals surface area contributed by atoms with Crippen LogP contribution in [0.2, 0.25) is 0 Å². The van der Waals surface area contributed by atoms with Crippen LogP contribution in [-0.2, 0) is 18.5 Å². The molecule has 0 bridgehead atoms. The predicted molar refractivity (Wildman–Crippen MR) is 103 cm³/mol. The van der Waals surface area contributed by atoms with Gasteiger partial charge in [-0.1, -0.05) is 17.3 Å². The summed E-state index contributed by atoms with van der Waals surface area (Å²) in [5.41, 5.74) is 4.55. The van der Waals surface area contributed by atoms with Crippen LogP contribution in [0.1, 0.15) is 36.2 Å². The molecule has 140 valence electrons. The normalized spacial score (nSPS) is 11.8. The Morgan fingerprint density at radius 3 is 2.54 bits per heavy atom. The lowest BCUT2D eigenvalue weighted by molar-refractivity contribution is 0.213. The summed E-state index contributed by atoms with van der Waals surface area (Å²) in [5, 5.41) is 8.47. The fraction of sp³-hybridized carbons (Fsp3) is 0.400. The summed E-state index contributed by atoms with van der Waals surface area (Å²) in [6.07, 6.45) is 5.85. The molecule has 2 aromatic rings. The minimum absolute atomic E-state index is 0.354. The third-order valence-electron chi connectivity index (χ3n) is 3.89. The van der Waals surface area contributed by atoms with Crippen LogP contribution in [0.25, 0.3) is 0 Å². The van der Waals surface area contributed by atoms with Crippen molar-refractivity contribution < 1.29 is 14.3 Å². The van der Waals surface area contributed by atoms with E-state index >= 15 is 0 Å². The van der Waals surface area contributed by atoms with Crippen molar-refractivity contribution in [3.63, 3.8) is 0 Å². The Morgan fingerprint density at radius 1 is 1.23 bits per heavy atom. The van der Waals surface area contributed by atoms with E-state index in [1.807, 2.05) is 65.2 Å². The Balaban J connectivity index is 2.16. The first-order valence-electron chi connectivity index (χ1n) is 8.54. The van der Waals surface area contributed by atoms with Crippen LogP contribution in [-0.4, -0.2) is 29.2 Å². The summed E-state index contributed by atoms with van der Waals surface area (Å²) < 4.78 is 13.5. The molecule has 0 fully saturated rings. The number of ether oxygens (including phenoxy) is 2. The van der Waals surface area contributed by atoms with Crippen LogP contribution in [0.5, 0.6) is 11.5 Å². The average Bonchev–Trinajstić information content (AvgIpc) is 2.95. The van der Waals surface area contributed by atoms with E-state index in [1.165, 1.54) is 7.11 Å². The van der Waals surface area contributed by atoms with Crippen molar-refractivity contribution in [3.8, 4) is 11.5 Å². The second kappa shape index (κ2) is 9.08. The molecule has 6 heteroatoms. The van der Waals surface area contributed by atoms with Gasteiger partial charge in [0, 0.05) is 18.8 Å². The van der Waals surface area contributed by atoms with E-state index < -0.39 is 0 Å².